The minimum Gasteiger partial charge on any atom is -0.392 e. The van der Waals surface area contributed by atoms with E-state index in [2.05, 4.69) is 5.32 Å². The molecule has 2 rings (SSSR count). The second-order valence-electron chi connectivity index (χ2n) is 3.70. The van der Waals surface area contributed by atoms with E-state index in [4.69, 9.17) is 11.6 Å². The van der Waals surface area contributed by atoms with Crippen LogP contribution in [0.4, 0.5) is 5.69 Å². The standard InChI is InChI=1S/C11H13ClN2O2/c12-9-2-1-8(7-15)10(5-9)14-4-3-13-11(16)6-14/h1-2,5,15H,3-4,6-7H2,(H,13,16). The molecule has 86 valence electrons. The highest BCUT2D eigenvalue weighted by atomic mass is 35.5. The van der Waals surface area contributed by atoms with Crippen molar-refractivity contribution in [2.45, 2.75) is 6.61 Å². The number of anilines is 1. The van der Waals surface area contributed by atoms with Gasteiger partial charge in [-0.25, -0.2) is 0 Å². The van der Waals surface area contributed by atoms with Crippen molar-refractivity contribution < 1.29 is 9.90 Å². The van der Waals surface area contributed by atoms with Gasteiger partial charge in [0.15, 0.2) is 0 Å². The molecule has 0 radical (unpaired) electrons. The van der Waals surface area contributed by atoms with E-state index in [1.54, 1.807) is 18.2 Å². The lowest BCUT2D eigenvalue weighted by Gasteiger charge is -2.30. The van der Waals surface area contributed by atoms with Crippen LogP contribution >= 0.6 is 11.6 Å². The molecule has 4 nitrogen and oxygen atoms in total. The minimum absolute atomic E-state index is 0.00452. The number of aliphatic hydroxyl groups is 1. The van der Waals surface area contributed by atoms with Crippen LogP contribution in [0.1, 0.15) is 5.56 Å². The van der Waals surface area contributed by atoms with Gasteiger partial charge in [0.05, 0.1) is 13.2 Å². The monoisotopic (exact) mass is 240 g/mol. The quantitative estimate of drug-likeness (QED) is 0.803. The number of piperazine rings is 1. The summed E-state index contributed by atoms with van der Waals surface area (Å²) in [5.74, 6) is -0.00452. The number of rotatable bonds is 2. The van der Waals surface area contributed by atoms with Gasteiger partial charge in [-0.2, -0.15) is 0 Å². The van der Waals surface area contributed by atoms with Crippen LogP contribution in [-0.2, 0) is 11.4 Å². The van der Waals surface area contributed by atoms with Crippen LogP contribution in [0.25, 0.3) is 0 Å². The molecule has 0 bridgehead atoms. The molecular formula is C11H13ClN2O2. The Balaban J connectivity index is 2.30. The Kier molecular flexibility index (Phi) is 3.31. The molecule has 1 amide bonds. The number of nitrogens with zero attached hydrogens (tertiary/aromatic N) is 1. The normalized spacial score (nSPS) is 16.1. The number of aliphatic hydroxyl groups excluding tert-OH is 1. The van der Waals surface area contributed by atoms with Crippen LogP contribution in [0, 0.1) is 0 Å². The molecule has 5 heteroatoms. The Labute approximate surface area is 98.8 Å². The van der Waals surface area contributed by atoms with Gasteiger partial charge < -0.3 is 15.3 Å². The molecule has 1 saturated heterocycles. The number of carbonyl (C=O) groups excluding carboxylic acids is 1. The lowest BCUT2D eigenvalue weighted by atomic mass is 10.1. The van der Waals surface area contributed by atoms with Gasteiger partial charge in [0, 0.05) is 29.4 Å². The van der Waals surface area contributed by atoms with E-state index in [-0.39, 0.29) is 12.5 Å². The second-order valence-corrected chi connectivity index (χ2v) is 4.14. The van der Waals surface area contributed by atoms with E-state index >= 15 is 0 Å². The topological polar surface area (TPSA) is 52.6 Å². The lowest BCUT2D eigenvalue weighted by molar-refractivity contribution is -0.120. The Morgan fingerprint density at radius 3 is 3.00 bits per heavy atom. The van der Waals surface area contributed by atoms with E-state index in [0.717, 1.165) is 17.8 Å². The Bertz CT molecular complexity index is 409. The predicted molar refractivity (Wildman–Crippen MR) is 62.6 cm³/mol. The van der Waals surface area contributed by atoms with Gasteiger partial charge in [-0.3, -0.25) is 4.79 Å². The SMILES string of the molecule is O=C1CN(c2cc(Cl)ccc2CO)CCN1. The fraction of sp³-hybridized carbons (Fsp3) is 0.364. The summed E-state index contributed by atoms with van der Waals surface area (Å²) in [5.41, 5.74) is 1.63. The zero-order valence-corrected chi connectivity index (χ0v) is 9.50. The molecule has 16 heavy (non-hydrogen) atoms. The van der Waals surface area contributed by atoms with Gasteiger partial charge in [-0.1, -0.05) is 17.7 Å². The molecule has 2 N–H and O–H groups in total. The molecule has 1 aromatic rings. The maximum atomic E-state index is 11.3. The van der Waals surface area contributed by atoms with E-state index in [0.29, 0.717) is 18.1 Å². The van der Waals surface area contributed by atoms with Crippen molar-refractivity contribution in [1.29, 1.82) is 0 Å². The number of halogens is 1. The zero-order chi connectivity index (χ0) is 11.5. The highest BCUT2D eigenvalue weighted by Crippen LogP contribution is 2.25. The number of hydrogen-bond acceptors (Lipinski definition) is 3. The van der Waals surface area contributed by atoms with Crippen molar-refractivity contribution in [3.05, 3.63) is 28.8 Å². The summed E-state index contributed by atoms with van der Waals surface area (Å²) in [4.78, 5) is 13.2. The van der Waals surface area contributed by atoms with Crippen molar-refractivity contribution in [2.75, 3.05) is 24.5 Å². The van der Waals surface area contributed by atoms with Gasteiger partial charge in [0.25, 0.3) is 0 Å². The van der Waals surface area contributed by atoms with E-state index in [9.17, 15) is 9.90 Å². The first-order valence-electron chi connectivity index (χ1n) is 5.11. The molecule has 1 aromatic carbocycles. The van der Waals surface area contributed by atoms with Crippen molar-refractivity contribution >= 4 is 23.2 Å². The summed E-state index contributed by atoms with van der Waals surface area (Å²) >= 11 is 5.92. The van der Waals surface area contributed by atoms with Crippen LogP contribution in [0.15, 0.2) is 18.2 Å². The molecule has 0 unspecified atom stereocenters. The molecule has 1 aliphatic rings. The van der Waals surface area contributed by atoms with Crippen LogP contribution < -0.4 is 10.2 Å². The van der Waals surface area contributed by atoms with Crippen molar-refractivity contribution in [1.82, 2.24) is 5.32 Å². The van der Waals surface area contributed by atoms with Crippen molar-refractivity contribution in [3.63, 3.8) is 0 Å². The van der Waals surface area contributed by atoms with E-state index in [1.165, 1.54) is 0 Å². The zero-order valence-electron chi connectivity index (χ0n) is 8.74. The summed E-state index contributed by atoms with van der Waals surface area (Å²) in [6.07, 6.45) is 0. The average molecular weight is 241 g/mol. The van der Waals surface area contributed by atoms with Gasteiger partial charge in [0.2, 0.25) is 5.91 Å². The van der Waals surface area contributed by atoms with E-state index in [1.807, 2.05) is 4.90 Å². The fourth-order valence-corrected chi connectivity index (χ4v) is 1.98. The van der Waals surface area contributed by atoms with Gasteiger partial charge in [-0.15, -0.1) is 0 Å². The van der Waals surface area contributed by atoms with Crippen molar-refractivity contribution in [3.8, 4) is 0 Å². The molecule has 0 aromatic heterocycles. The maximum absolute atomic E-state index is 11.3. The minimum atomic E-state index is -0.0510. The van der Waals surface area contributed by atoms with Crippen LogP contribution in [0.3, 0.4) is 0 Å². The molecular weight excluding hydrogens is 228 g/mol. The second kappa shape index (κ2) is 4.72. The number of hydrogen-bond donors (Lipinski definition) is 2. The molecule has 1 heterocycles. The first kappa shape index (κ1) is 11.2. The largest absolute Gasteiger partial charge is 0.392 e. The predicted octanol–water partition coefficient (Wildman–Crippen LogP) is 0.768. The Hall–Kier alpha value is -1.26. The summed E-state index contributed by atoms with van der Waals surface area (Å²) in [5, 5.41) is 12.6. The Morgan fingerprint density at radius 2 is 2.31 bits per heavy atom. The maximum Gasteiger partial charge on any atom is 0.239 e. The third-order valence-corrected chi connectivity index (χ3v) is 2.83. The molecule has 0 saturated carbocycles. The Morgan fingerprint density at radius 1 is 1.50 bits per heavy atom. The molecule has 1 fully saturated rings. The fourth-order valence-electron chi connectivity index (χ4n) is 1.81. The first-order chi connectivity index (χ1) is 7.70. The first-order valence-corrected chi connectivity index (χ1v) is 5.49. The molecule has 0 atom stereocenters. The van der Waals surface area contributed by atoms with Crippen LogP contribution in [0.2, 0.25) is 5.02 Å². The molecule has 1 aliphatic heterocycles. The summed E-state index contributed by atoms with van der Waals surface area (Å²) in [6.45, 7) is 1.62. The van der Waals surface area contributed by atoms with E-state index < -0.39 is 0 Å². The summed E-state index contributed by atoms with van der Waals surface area (Å²) in [6, 6.07) is 5.30. The summed E-state index contributed by atoms with van der Waals surface area (Å²) in [7, 11) is 0. The molecule has 0 spiro atoms. The number of carbonyl (C=O) groups is 1. The molecule has 0 aliphatic carbocycles. The van der Waals surface area contributed by atoms with Gasteiger partial charge in [-0.05, 0) is 12.1 Å². The van der Waals surface area contributed by atoms with Gasteiger partial charge in [0.1, 0.15) is 0 Å². The summed E-state index contributed by atoms with van der Waals surface area (Å²) < 4.78 is 0. The lowest BCUT2D eigenvalue weighted by Crippen LogP contribution is -2.48. The average Bonchev–Trinajstić information content (AvgIpc) is 2.29. The third kappa shape index (κ3) is 2.28. The van der Waals surface area contributed by atoms with Crippen LogP contribution in [0.5, 0.6) is 0 Å². The number of benzene rings is 1. The smallest absolute Gasteiger partial charge is 0.239 e. The highest BCUT2D eigenvalue weighted by Gasteiger charge is 2.18. The third-order valence-electron chi connectivity index (χ3n) is 2.60. The number of amides is 1. The number of nitrogens with one attached hydrogen (secondary N) is 1. The van der Waals surface area contributed by atoms with Gasteiger partial charge >= 0.3 is 0 Å². The van der Waals surface area contributed by atoms with Crippen molar-refractivity contribution in [2.24, 2.45) is 0 Å². The highest BCUT2D eigenvalue weighted by molar-refractivity contribution is 6.30. The van der Waals surface area contributed by atoms with Crippen LogP contribution in [-0.4, -0.2) is 30.6 Å².